The second-order valence-electron chi connectivity index (χ2n) is 9.22. The van der Waals surface area contributed by atoms with Crippen LogP contribution in [0.5, 0.6) is 0 Å². The summed E-state index contributed by atoms with van der Waals surface area (Å²) in [5.41, 5.74) is 0.761. The first-order chi connectivity index (χ1) is 10.5. The largest absolute Gasteiger partial charge is 0.478 e. The third-order valence-corrected chi connectivity index (χ3v) is 6.96. The Morgan fingerprint density at radius 1 is 1.17 bits per heavy atom. The van der Waals surface area contributed by atoms with E-state index in [2.05, 4.69) is 20.8 Å². The molecule has 0 aromatic carbocycles. The van der Waals surface area contributed by atoms with Gasteiger partial charge in [-0.1, -0.05) is 32.8 Å². The Kier molecular flexibility index (Phi) is 5.02. The van der Waals surface area contributed by atoms with Gasteiger partial charge in [0.05, 0.1) is 5.60 Å². The second kappa shape index (κ2) is 6.23. The number of carboxylic acid groups (broad SMARTS) is 1. The summed E-state index contributed by atoms with van der Waals surface area (Å²) in [7, 11) is 0. The first-order valence-corrected chi connectivity index (χ1v) is 9.11. The zero-order chi connectivity index (χ0) is 17.5. The Balaban J connectivity index is 2.24. The Morgan fingerprint density at radius 3 is 2.43 bits per heavy atom. The normalized spacial score (nSPS) is 40.5. The van der Waals surface area contributed by atoms with Crippen LogP contribution < -0.4 is 0 Å². The lowest BCUT2D eigenvalue weighted by Gasteiger charge is -2.61. The van der Waals surface area contributed by atoms with E-state index in [4.69, 9.17) is 5.11 Å². The lowest BCUT2D eigenvalue weighted by molar-refractivity contribution is -0.168. The molecule has 0 aromatic heterocycles. The van der Waals surface area contributed by atoms with Crippen molar-refractivity contribution in [3.05, 3.63) is 11.6 Å². The molecule has 0 heterocycles. The average molecular weight is 322 g/mol. The number of allylic oxidation sites excluding steroid dienone is 1. The Labute approximate surface area is 141 Å². The van der Waals surface area contributed by atoms with E-state index >= 15 is 0 Å². The summed E-state index contributed by atoms with van der Waals surface area (Å²) in [6.45, 7) is 11.0. The van der Waals surface area contributed by atoms with E-state index in [1.807, 2.05) is 13.8 Å². The standard InChI is InChI=1S/C20H34O3/c1-14(13-17(21)22)7-8-16-19(4)11-6-10-18(2,3)15(19)9-12-20(16,5)23/h13,15-16,23H,6-12H2,1-5H3,(H,21,22). The quantitative estimate of drug-likeness (QED) is 0.732. The van der Waals surface area contributed by atoms with E-state index in [1.54, 1.807) is 0 Å². The number of hydrogen-bond donors (Lipinski definition) is 2. The van der Waals surface area contributed by atoms with Crippen LogP contribution in [0.25, 0.3) is 0 Å². The predicted molar refractivity (Wildman–Crippen MR) is 93.2 cm³/mol. The summed E-state index contributed by atoms with van der Waals surface area (Å²) in [5.74, 6) is 0.0176. The van der Waals surface area contributed by atoms with Gasteiger partial charge >= 0.3 is 5.97 Å². The van der Waals surface area contributed by atoms with Crippen molar-refractivity contribution in [1.82, 2.24) is 0 Å². The highest BCUT2D eigenvalue weighted by Crippen LogP contribution is 2.62. The highest BCUT2D eigenvalue weighted by molar-refractivity contribution is 5.80. The molecule has 2 aliphatic rings. The van der Waals surface area contributed by atoms with Gasteiger partial charge in [-0.05, 0) is 75.0 Å². The minimum atomic E-state index is -0.874. The van der Waals surface area contributed by atoms with E-state index in [9.17, 15) is 9.90 Å². The van der Waals surface area contributed by atoms with Crippen molar-refractivity contribution in [3.8, 4) is 0 Å². The van der Waals surface area contributed by atoms with Gasteiger partial charge in [0.1, 0.15) is 0 Å². The van der Waals surface area contributed by atoms with Gasteiger partial charge in [-0.2, -0.15) is 0 Å². The van der Waals surface area contributed by atoms with Gasteiger partial charge in [-0.3, -0.25) is 0 Å². The van der Waals surface area contributed by atoms with Crippen molar-refractivity contribution in [1.29, 1.82) is 0 Å². The van der Waals surface area contributed by atoms with Crippen LogP contribution in [0.2, 0.25) is 0 Å². The Bertz CT molecular complexity index is 489. The molecule has 0 bridgehead atoms. The summed E-state index contributed by atoms with van der Waals surface area (Å²) in [6.07, 6.45) is 8.61. The fourth-order valence-electron chi connectivity index (χ4n) is 5.92. The number of fused-ring (bicyclic) bond motifs is 1. The van der Waals surface area contributed by atoms with E-state index in [-0.39, 0.29) is 11.3 Å². The van der Waals surface area contributed by atoms with Crippen molar-refractivity contribution in [2.75, 3.05) is 0 Å². The molecule has 2 rings (SSSR count). The maximum absolute atomic E-state index is 11.1. The predicted octanol–water partition coefficient (Wildman–Crippen LogP) is 4.79. The highest BCUT2D eigenvalue weighted by Gasteiger charge is 2.57. The van der Waals surface area contributed by atoms with Crippen molar-refractivity contribution in [2.45, 2.75) is 85.2 Å². The fourth-order valence-corrected chi connectivity index (χ4v) is 5.92. The fraction of sp³-hybridized carbons (Fsp3) is 0.850. The highest BCUT2D eigenvalue weighted by atomic mass is 16.4. The van der Waals surface area contributed by atoms with Crippen molar-refractivity contribution in [3.63, 3.8) is 0 Å². The molecule has 3 heteroatoms. The summed E-state index contributed by atoms with van der Waals surface area (Å²) in [6, 6.07) is 0. The van der Waals surface area contributed by atoms with Crippen molar-refractivity contribution < 1.29 is 15.0 Å². The zero-order valence-electron chi connectivity index (χ0n) is 15.5. The monoisotopic (exact) mass is 322 g/mol. The molecular weight excluding hydrogens is 288 g/mol. The van der Waals surface area contributed by atoms with E-state index in [1.165, 1.54) is 25.3 Å². The lowest BCUT2D eigenvalue weighted by atomic mass is 9.45. The van der Waals surface area contributed by atoms with Gasteiger partial charge in [0.15, 0.2) is 0 Å². The van der Waals surface area contributed by atoms with Crippen LogP contribution >= 0.6 is 0 Å². The molecular formula is C20H34O3. The second-order valence-corrected chi connectivity index (χ2v) is 9.22. The molecule has 2 aliphatic carbocycles. The third-order valence-electron chi connectivity index (χ3n) is 6.96. The topological polar surface area (TPSA) is 57.5 Å². The van der Waals surface area contributed by atoms with E-state index in [0.29, 0.717) is 11.3 Å². The molecule has 4 atom stereocenters. The van der Waals surface area contributed by atoms with Crippen molar-refractivity contribution >= 4 is 5.97 Å². The molecule has 2 N–H and O–H groups in total. The minimum absolute atomic E-state index is 0.160. The van der Waals surface area contributed by atoms with E-state index in [0.717, 1.165) is 31.3 Å². The number of aliphatic carboxylic acids is 1. The van der Waals surface area contributed by atoms with E-state index < -0.39 is 11.6 Å². The molecule has 4 unspecified atom stereocenters. The molecule has 2 saturated carbocycles. The van der Waals surface area contributed by atoms with Crippen LogP contribution in [-0.4, -0.2) is 21.8 Å². The SMILES string of the molecule is CC(=CC(=O)O)CCC1C(C)(O)CCC2C(C)(C)CCCC21C. The Hall–Kier alpha value is -0.830. The summed E-state index contributed by atoms with van der Waals surface area (Å²) < 4.78 is 0. The summed E-state index contributed by atoms with van der Waals surface area (Å²) >= 11 is 0. The van der Waals surface area contributed by atoms with Crippen LogP contribution in [0.3, 0.4) is 0 Å². The molecule has 2 fully saturated rings. The third kappa shape index (κ3) is 3.65. The summed E-state index contributed by atoms with van der Waals surface area (Å²) in [5, 5.41) is 20.0. The van der Waals surface area contributed by atoms with Crippen LogP contribution in [0, 0.1) is 22.7 Å². The number of carboxylic acids is 1. The number of carbonyl (C=O) groups is 1. The van der Waals surface area contributed by atoms with Gasteiger partial charge in [-0.15, -0.1) is 0 Å². The Morgan fingerprint density at radius 2 is 1.83 bits per heavy atom. The van der Waals surface area contributed by atoms with Crippen LogP contribution in [0.15, 0.2) is 11.6 Å². The van der Waals surface area contributed by atoms with Crippen LogP contribution in [0.1, 0.15) is 79.6 Å². The first kappa shape index (κ1) is 18.5. The van der Waals surface area contributed by atoms with Crippen LogP contribution in [-0.2, 0) is 4.79 Å². The smallest absolute Gasteiger partial charge is 0.328 e. The maximum Gasteiger partial charge on any atom is 0.328 e. The number of rotatable bonds is 4. The van der Waals surface area contributed by atoms with Crippen molar-refractivity contribution in [2.24, 2.45) is 22.7 Å². The lowest BCUT2D eigenvalue weighted by Crippen LogP contribution is -2.57. The molecule has 3 nitrogen and oxygen atoms in total. The molecule has 23 heavy (non-hydrogen) atoms. The average Bonchev–Trinajstić information content (AvgIpc) is 2.34. The summed E-state index contributed by atoms with van der Waals surface area (Å²) in [4.78, 5) is 10.8. The van der Waals surface area contributed by atoms with Gasteiger partial charge in [-0.25, -0.2) is 4.79 Å². The molecule has 0 spiro atoms. The van der Waals surface area contributed by atoms with Gasteiger partial charge < -0.3 is 10.2 Å². The molecule has 0 saturated heterocycles. The molecule has 0 radical (unpaired) electrons. The molecule has 0 aromatic rings. The minimum Gasteiger partial charge on any atom is -0.478 e. The first-order valence-electron chi connectivity index (χ1n) is 9.11. The molecule has 0 amide bonds. The maximum atomic E-state index is 11.1. The molecule has 0 aliphatic heterocycles. The van der Waals surface area contributed by atoms with Gasteiger partial charge in [0.2, 0.25) is 0 Å². The van der Waals surface area contributed by atoms with Gasteiger partial charge in [0.25, 0.3) is 0 Å². The number of aliphatic hydroxyl groups is 1. The number of hydrogen-bond acceptors (Lipinski definition) is 2. The van der Waals surface area contributed by atoms with Crippen LogP contribution in [0.4, 0.5) is 0 Å². The zero-order valence-corrected chi connectivity index (χ0v) is 15.5. The molecule has 132 valence electrons. The van der Waals surface area contributed by atoms with Gasteiger partial charge in [0, 0.05) is 6.08 Å².